The minimum atomic E-state index is -3.78. The molecule has 1 amide bonds. The molecule has 2 heterocycles. The first-order chi connectivity index (χ1) is 19.0. The van der Waals surface area contributed by atoms with E-state index in [4.69, 9.17) is 23.2 Å². The Morgan fingerprint density at radius 3 is 2.42 bits per heavy atom. The van der Waals surface area contributed by atoms with E-state index < -0.39 is 33.5 Å². The number of carboxylic acids is 1. The number of likely N-dealkylation sites (tertiary alicyclic amines) is 1. The van der Waals surface area contributed by atoms with Crippen molar-refractivity contribution in [1.29, 1.82) is 0 Å². The second-order valence-corrected chi connectivity index (χ2v) is 14.7. The summed E-state index contributed by atoms with van der Waals surface area (Å²) in [6.07, 6.45) is 1.64. The number of carbonyl (C=O) groups is 2. The number of aliphatic carboxylic acids is 1. The van der Waals surface area contributed by atoms with Crippen molar-refractivity contribution in [2.24, 2.45) is 11.3 Å². The third-order valence-corrected chi connectivity index (χ3v) is 11.2. The van der Waals surface area contributed by atoms with Crippen LogP contribution in [-0.4, -0.2) is 42.9 Å². The molecule has 0 bridgehead atoms. The maximum absolute atomic E-state index is 14.4. The van der Waals surface area contributed by atoms with Crippen molar-refractivity contribution < 1.29 is 23.1 Å². The predicted octanol–water partition coefficient (Wildman–Crippen LogP) is 6.35. The average molecular weight is 622 g/mol. The topological polar surface area (TPSA) is 104 Å². The van der Waals surface area contributed by atoms with Crippen molar-refractivity contribution in [3.05, 3.63) is 87.2 Å². The SMILES string of the molecule is C[C@@]1(CC(=O)O)C[C@H](c2cccc(Cl)c2)[C@@H](c2ccc(Cl)cc2)N([C@H](CNS(=O)(=O)c2cccs2)C2CC2)C1=O. The summed E-state index contributed by atoms with van der Waals surface area (Å²) in [5.74, 6) is -1.57. The Bertz CT molecular complexity index is 1490. The Morgan fingerprint density at radius 1 is 1.10 bits per heavy atom. The van der Waals surface area contributed by atoms with Crippen molar-refractivity contribution in [2.45, 2.75) is 54.8 Å². The van der Waals surface area contributed by atoms with E-state index in [0.717, 1.165) is 35.3 Å². The summed E-state index contributed by atoms with van der Waals surface area (Å²) in [5, 5.41) is 12.6. The van der Waals surface area contributed by atoms with Crippen molar-refractivity contribution in [3.63, 3.8) is 0 Å². The Kier molecular flexibility index (Phi) is 8.32. The Balaban J connectivity index is 1.63. The predicted molar refractivity (Wildman–Crippen MR) is 156 cm³/mol. The van der Waals surface area contributed by atoms with Gasteiger partial charge < -0.3 is 10.0 Å². The summed E-state index contributed by atoms with van der Waals surface area (Å²) in [6.45, 7) is 1.72. The van der Waals surface area contributed by atoms with E-state index in [1.807, 2.05) is 30.3 Å². The third-order valence-electron chi connectivity index (χ3n) is 7.90. The number of sulfonamides is 1. The van der Waals surface area contributed by atoms with Crippen molar-refractivity contribution in [3.8, 4) is 0 Å². The molecular weight excluding hydrogens is 591 g/mol. The summed E-state index contributed by atoms with van der Waals surface area (Å²) in [4.78, 5) is 28.2. The molecule has 1 aromatic heterocycles. The minimum Gasteiger partial charge on any atom is -0.481 e. The van der Waals surface area contributed by atoms with E-state index in [1.165, 1.54) is 0 Å². The van der Waals surface area contributed by atoms with Gasteiger partial charge in [0.2, 0.25) is 15.9 Å². The fourth-order valence-electron chi connectivity index (χ4n) is 5.90. The molecule has 1 saturated carbocycles. The lowest BCUT2D eigenvalue weighted by molar-refractivity contribution is -0.161. The molecule has 0 spiro atoms. The van der Waals surface area contributed by atoms with Crippen molar-refractivity contribution in [2.75, 3.05) is 6.54 Å². The van der Waals surface area contributed by atoms with Gasteiger partial charge in [-0.25, -0.2) is 13.1 Å². The number of nitrogens with one attached hydrogen (secondary N) is 1. The average Bonchev–Trinajstić information content (AvgIpc) is 3.57. The molecule has 11 heteroatoms. The van der Waals surface area contributed by atoms with Crippen LogP contribution in [0, 0.1) is 11.3 Å². The molecule has 5 rings (SSSR count). The van der Waals surface area contributed by atoms with Crippen LogP contribution in [-0.2, 0) is 19.6 Å². The maximum Gasteiger partial charge on any atom is 0.304 e. The number of nitrogens with zero attached hydrogens (tertiary/aromatic N) is 1. The van der Waals surface area contributed by atoms with Crippen LogP contribution < -0.4 is 4.72 Å². The molecule has 1 saturated heterocycles. The highest BCUT2D eigenvalue weighted by molar-refractivity contribution is 7.91. The number of benzene rings is 2. The molecule has 2 fully saturated rings. The highest BCUT2D eigenvalue weighted by atomic mass is 35.5. The van der Waals surface area contributed by atoms with Gasteiger partial charge in [0.1, 0.15) is 4.21 Å². The van der Waals surface area contributed by atoms with Gasteiger partial charge >= 0.3 is 5.97 Å². The van der Waals surface area contributed by atoms with E-state index in [1.54, 1.807) is 47.5 Å². The normalized spacial score (nSPS) is 24.2. The molecule has 2 aliphatic rings. The van der Waals surface area contributed by atoms with Crippen LogP contribution in [0.15, 0.2) is 70.3 Å². The van der Waals surface area contributed by atoms with Gasteiger partial charge in [-0.05, 0) is 72.0 Å². The number of amides is 1. The lowest BCUT2D eigenvalue weighted by Gasteiger charge is -2.52. The van der Waals surface area contributed by atoms with E-state index in [9.17, 15) is 23.1 Å². The summed E-state index contributed by atoms with van der Waals surface area (Å²) < 4.78 is 29.1. The molecule has 40 heavy (non-hydrogen) atoms. The van der Waals surface area contributed by atoms with Gasteiger partial charge in [-0.2, -0.15) is 0 Å². The minimum absolute atomic E-state index is 0.0200. The number of carboxylic acid groups (broad SMARTS) is 1. The number of carbonyl (C=O) groups excluding carboxylic acids is 1. The van der Waals surface area contributed by atoms with E-state index >= 15 is 0 Å². The Hall–Kier alpha value is -2.43. The summed E-state index contributed by atoms with van der Waals surface area (Å²) in [5.41, 5.74) is 0.517. The molecule has 0 unspecified atom stereocenters. The molecular formula is C29H30Cl2N2O5S2. The largest absolute Gasteiger partial charge is 0.481 e. The fourth-order valence-corrected chi connectivity index (χ4v) is 8.31. The van der Waals surface area contributed by atoms with Crippen LogP contribution in [0.1, 0.15) is 55.7 Å². The monoisotopic (exact) mass is 620 g/mol. The van der Waals surface area contributed by atoms with Gasteiger partial charge in [-0.15, -0.1) is 11.3 Å². The molecule has 212 valence electrons. The summed E-state index contributed by atoms with van der Waals surface area (Å²) in [6, 6.07) is 17.0. The van der Waals surface area contributed by atoms with Gasteiger partial charge in [-0.1, -0.05) is 60.5 Å². The van der Waals surface area contributed by atoms with Gasteiger partial charge in [0.15, 0.2) is 0 Å². The zero-order chi connectivity index (χ0) is 28.7. The highest BCUT2D eigenvalue weighted by Crippen LogP contribution is 2.54. The quantitative estimate of drug-likeness (QED) is 0.275. The van der Waals surface area contributed by atoms with Crippen LogP contribution >= 0.6 is 34.5 Å². The molecule has 1 aliphatic carbocycles. The summed E-state index contributed by atoms with van der Waals surface area (Å²) >= 11 is 13.8. The molecule has 4 atom stereocenters. The summed E-state index contributed by atoms with van der Waals surface area (Å²) in [7, 11) is -3.78. The molecule has 3 aromatic rings. The van der Waals surface area contributed by atoms with E-state index in [-0.39, 0.29) is 34.9 Å². The zero-order valence-electron chi connectivity index (χ0n) is 21.8. The molecule has 2 aromatic carbocycles. The van der Waals surface area contributed by atoms with Crippen LogP contribution in [0.4, 0.5) is 0 Å². The van der Waals surface area contributed by atoms with Gasteiger partial charge in [0.05, 0.1) is 17.9 Å². The maximum atomic E-state index is 14.4. The van der Waals surface area contributed by atoms with Crippen molar-refractivity contribution in [1.82, 2.24) is 9.62 Å². The Labute approximate surface area is 248 Å². The molecule has 1 aliphatic heterocycles. The van der Waals surface area contributed by atoms with Gasteiger partial charge in [0.25, 0.3) is 0 Å². The molecule has 0 radical (unpaired) electrons. The second kappa shape index (κ2) is 11.4. The first-order valence-corrected chi connectivity index (χ1v) is 16.2. The lowest BCUT2D eigenvalue weighted by atomic mass is 9.67. The molecule has 2 N–H and O–H groups in total. The lowest BCUT2D eigenvalue weighted by Crippen LogP contribution is -2.59. The number of hydrogen-bond donors (Lipinski definition) is 2. The second-order valence-electron chi connectivity index (χ2n) is 10.9. The first-order valence-electron chi connectivity index (χ1n) is 13.1. The number of thiophene rings is 1. The highest BCUT2D eigenvalue weighted by Gasteiger charge is 2.54. The van der Waals surface area contributed by atoms with E-state index in [2.05, 4.69) is 4.72 Å². The fraction of sp³-hybridized carbons (Fsp3) is 0.379. The van der Waals surface area contributed by atoms with Crippen LogP contribution in [0.5, 0.6) is 0 Å². The molecule has 7 nitrogen and oxygen atoms in total. The van der Waals surface area contributed by atoms with Crippen molar-refractivity contribution >= 4 is 56.4 Å². The number of halogens is 2. The number of hydrogen-bond acceptors (Lipinski definition) is 5. The Morgan fingerprint density at radius 2 is 1.82 bits per heavy atom. The van der Waals surface area contributed by atoms with Crippen LogP contribution in [0.25, 0.3) is 0 Å². The van der Waals surface area contributed by atoms with Gasteiger partial charge in [0, 0.05) is 28.5 Å². The zero-order valence-corrected chi connectivity index (χ0v) is 24.9. The third kappa shape index (κ3) is 6.09. The van der Waals surface area contributed by atoms with E-state index in [0.29, 0.717) is 16.5 Å². The smallest absolute Gasteiger partial charge is 0.304 e. The standard InChI is InChI=1S/C29H30Cl2N2O5S2/c1-29(16-25(34)35)15-23(20-4-2-5-22(31)14-20)27(19-9-11-21(30)12-10-19)33(28(29)36)24(18-7-8-18)17-32-40(37,38)26-6-3-13-39-26/h2-6,9-14,18,23-24,27,32H,7-8,15-17H2,1H3,(H,34,35)/t23-,24-,27-,29+/m1/s1. The van der Waals surface area contributed by atoms with Gasteiger partial charge in [-0.3, -0.25) is 9.59 Å². The number of rotatable bonds is 10. The number of piperidine rings is 1. The van der Waals surface area contributed by atoms with Crippen LogP contribution in [0.2, 0.25) is 10.0 Å². The first kappa shape index (κ1) is 29.1. The van der Waals surface area contributed by atoms with Crippen LogP contribution in [0.3, 0.4) is 0 Å².